The van der Waals surface area contributed by atoms with E-state index in [2.05, 4.69) is 5.32 Å². The van der Waals surface area contributed by atoms with Crippen LogP contribution in [-0.2, 0) is 6.61 Å². The third kappa shape index (κ3) is 6.04. The van der Waals surface area contributed by atoms with Gasteiger partial charge >= 0.3 is 0 Å². The van der Waals surface area contributed by atoms with E-state index in [4.69, 9.17) is 14.7 Å². The Kier molecular flexibility index (Phi) is 7.40. The monoisotopic (exact) mass is 468 g/mol. The number of carbonyl (C=O) groups excluding carboxylic acids is 2. The Hall–Kier alpha value is -4.62. The fourth-order valence-corrected chi connectivity index (χ4v) is 3.52. The van der Waals surface area contributed by atoms with Crippen molar-refractivity contribution in [3.63, 3.8) is 0 Å². The van der Waals surface area contributed by atoms with E-state index in [-0.39, 0.29) is 5.91 Å². The topological polar surface area (TPSA) is 96.9 Å². The van der Waals surface area contributed by atoms with Crippen LogP contribution in [0, 0.1) is 0 Å². The maximum atomic E-state index is 12.9. The van der Waals surface area contributed by atoms with E-state index >= 15 is 0 Å². The summed E-state index contributed by atoms with van der Waals surface area (Å²) in [7, 11) is 1.57. The Morgan fingerprint density at radius 3 is 2.06 bits per heavy atom. The molecular weight excluding hydrogens is 444 g/mol. The summed E-state index contributed by atoms with van der Waals surface area (Å²) in [6.45, 7) is 0.300. The molecule has 4 aromatic carbocycles. The van der Waals surface area contributed by atoms with E-state index in [9.17, 15) is 9.59 Å². The third-order valence-electron chi connectivity index (χ3n) is 5.33. The second-order valence-corrected chi connectivity index (χ2v) is 7.72. The maximum Gasteiger partial charge on any atom is 0.274 e. The molecular formula is C28H24N2O5. The minimum Gasteiger partial charge on any atom is -0.497 e. The molecule has 0 unspecified atom stereocenters. The maximum absolute atomic E-state index is 12.9. The number of hydroxylamine groups is 1. The molecule has 0 spiro atoms. The minimum absolute atomic E-state index is 0.255. The van der Waals surface area contributed by atoms with E-state index in [1.807, 2.05) is 48.5 Å². The number of nitrogens with one attached hydrogen (secondary N) is 2. The summed E-state index contributed by atoms with van der Waals surface area (Å²) >= 11 is 0. The van der Waals surface area contributed by atoms with Crippen LogP contribution >= 0.6 is 0 Å². The molecule has 0 radical (unpaired) electrons. The Balaban J connectivity index is 1.62. The molecule has 176 valence electrons. The molecule has 35 heavy (non-hydrogen) atoms. The molecule has 0 bridgehead atoms. The van der Waals surface area contributed by atoms with Crippen molar-refractivity contribution in [2.75, 3.05) is 12.4 Å². The SMILES string of the molecule is COc1ccc(C(=O)Nc2cc(COc3ccccc3)cc(-c3ccc(C(=O)NO)cc3)c2)cc1. The van der Waals surface area contributed by atoms with Crippen LogP contribution in [-0.4, -0.2) is 24.1 Å². The lowest BCUT2D eigenvalue weighted by atomic mass is 10.0. The molecule has 2 amide bonds. The highest BCUT2D eigenvalue weighted by molar-refractivity contribution is 6.04. The summed E-state index contributed by atoms with van der Waals surface area (Å²) in [5.74, 6) is 0.562. The standard InChI is InChI=1S/C28H24N2O5/c1-34-25-13-11-21(12-14-25)27(31)29-24-16-19(18-35-26-5-3-2-4-6-26)15-23(17-24)20-7-9-22(10-8-20)28(32)30-33/h2-17,33H,18H2,1H3,(H,29,31)(H,30,32). The van der Waals surface area contributed by atoms with Crippen molar-refractivity contribution in [3.8, 4) is 22.6 Å². The molecule has 0 aliphatic rings. The Morgan fingerprint density at radius 2 is 1.40 bits per heavy atom. The minimum atomic E-state index is -0.589. The zero-order chi connectivity index (χ0) is 24.6. The Morgan fingerprint density at radius 1 is 0.743 bits per heavy atom. The number of carbonyl (C=O) groups is 2. The second-order valence-electron chi connectivity index (χ2n) is 7.72. The van der Waals surface area contributed by atoms with Crippen LogP contribution in [0.4, 0.5) is 5.69 Å². The molecule has 0 saturated heterocycles. The van der Waals surface area contributed by atoms with Gasteiger partial charge in [0.15, 0.2) is 0 Å². The number of hydrogen-bond donors (Lipinski definition) is 3. The number of methoxy groups -OCH3 is 1. The van der Waals surface area contributed by atoms with Gasteiger partial charge in [0, 0.05) is 16.8 Å². The van der Waals surface area contributed by atoms with Gasteiger partial charge in [-0.1, -0.05) is 30.3 Å². The predicted molar refractivity (Wildman–Crippen MR) is 133 cm³/mol. The quantitative estimate of drug-likeness (QED) is 0.240. The van der Waals surface area contributed by atoms with Gasteiger partial charge in [-0.05, 0) is 83.4 Å². The van der Waals surface area contributed by atoms with Gasteiger partial charge in [0.05, 0.1) is 7.11 Å². The highest BCUT2D eigenvalue weighted by atomic mass is 16.5. The van der Waals surface area contributed by atoms with E-state index in [0.29, 0.717) is 29.2 Å². The number of amides is 2. The molecule has 7 heteroatoms. The van der Waals surface area contributed by atoms with Gasteiger partial charge in [0.1, 0.15) is 18.1 Å². The van der Waals surface area contributed by atoms with Gasteiger partial charge in [-0.15, -0.1) is 0 Å². The van der Waals surface area contributed by atoms with Crippen LogP contribution in [0.3, 0.4) is 0 Å². The number of hydrogen-bond acceptors (Lipinski definition) is 5. The second kappa shape index (κ2) is 11.0. The molecule has 0 aromatic heterocycles. The van der Waals surface area contributed by atoms with Crippen LogP contribution in [0.15, 0.2) is 97.1 Å². The number of anilines is 1. The molecule has 0 aliphatic carbocycles. The first-order valence-electron chi connectivity index (χ1n) is 10.9. The van der Waals surface area contributed by atoms with Crippen LogP contribution in [0.25, 0.3) is 11.1 Å². The van der Waals surface area contributed by atoms with E-state index in [1.54, 1.807) is 61.1 Å². The first kappa shape index (κ1) is 23.5. The first-order chi connectivity index (χ1) is 17.1. The van der Waals surface area contributed by atoms with Gasteiger partial charge in [0.25, 0.3) is 11.8 Å². The van der Waals surface area contributed by atoms with Crippen molar-refractivity contribution in [1.29, 1.82) is 0 Å². The predicted octanol–water partition coefficient (Wildman–Crippen LogP) is 5.31. The van der Waals surface area contributed by atoms with Crippen molar-refractivity contribution < 1.29 is 24.3 Å². The van der Waals surface area contributed by atoms with Gasteiger partial charge in [0.2, 0.25) is 0 Å². The molecule has 0 aliphatic heterocycles. The normalized spacial score (nSPS) is 10.3. The number of benzene rings is 4. The highest BCUT2D eigenvalue weighted by Crippen LogP contribution is 2.27. The number of ether oxygens (including phenoxy) is 2. The Labute approximate surface area is 202 Å². The van der Waals surface area contributed by atoms with Gasteiger partial charge in [-0.3, -0.25) is 14.8 Å². The van der Waals surface area contributed by atoms with Crippen LogP contribution < -0.4 is 20.3 Å². The van der Waals surface area contributed by atoms with Crippen molar-refractivity contribution in [1.82, 2.24) is 5.48 Å². The van der Waals surface area contributed by atoms with E-state index < -0.39 is 5.91 Å². The number of para-hydroxylation sites is 1. The first-order valence-corrected chi connectivity index (χ1v) is 10.9. The average Bonchev–Trinajstić information content (AvgIpc) is 2.92. The molecule has 3 N–H and O–H groups in total. The zero-order valence-corrected chi connectivity index (χ0v) is 19.0. The fourth-order valence-electron chi connectivity index (χ4n) is 3.52. The number of rotatable bonds is 8. The molecule has 4 aromatic rings. The van der Waals surface area contributed by atoms with Gasteiger partial charge < -0.3 is 14.8 Å². The summed E-state index contributed by atoms with van der Waals surface area (Å²) in [6, 6.07) is 28.8. The smallest absolute Gasteiger partial charge is 0.274 e. The van der Waals surface area contributed by atoms with Crippen molar-refractivity contribution in [3.05, 3.63) is 114 Å². The van der Waals surface area contributed by atoms with Crippen LogP contribution in [0.1, 0.15) is 26.3 Å². The summed E-state index contributed by atoms with van der Waals surface area (Å²) in [6.07, 6.45) is 0. The van der Waals surface area contributed by atoms with E-state index in [0.717, 1.165) is 22.4 Å². The summed E-state index contributed by atoms with van der Waals surface area (Å²) in [5.41, 5.74) is 5.58. The third-order valence-corrected chi connectivity index (χ3v) is 5.33. The lowest BCUT2D eigenvalue weighted by molar-refractivity contribution is 0.0706. The van der Waals surface area contributed by atoms with Gasteiger partial charge in [-0.25, -0.2) is 5.48 Å². The molecule has 0 atom stereocenters. The summed E-state index contributed by atoms with van der Waals surface area (Å²) in [5, 5.41) is 11.8. The zero-order valence-electron chi connectivity index (χ0n) is 19.0. The molecule has 4 rings (SSSR count). The van der Waals surface area contributed by atoms with Gasteiger partial charge in [-0.2, -0.15) is 0 Å². The summed E-state index contributed by atoms with van der Waals surface area (Å²) < 4.78 is 11.1. The lowest BCUT2D eigenvalue weighted by Crippen LogP contribution is -2.18. The largest absolute Gasteiger partial charge is 0.497 e. The van der Waals surface area contributed by atoms with E-state index in [1.165, 1.54) is 0 Å². The Bertz CT molecular complexity index is 1300. The molecule has 0 fully saturated rings. The lowest BCUT2D eigenvalue weighted by Gasteiger charge is -2.13. The molecule has 0 heterocycles. The molecule has 0 saturated carbocycles. The fraction of sp³-hybridized carbons (Fsp3) is 0.0714. The van der Waals surface area contributed by atoms with Crippen molar-refractivity contribution in [2.45, 2.75) is 6.61 Å². The summed E-state index contributed by atoms with van der Waals surface area (Å²) in [4.78, 5) is 24.5. The van der Waals surface area contributed by atoms with Crippen molar-refractivity contribution in [2.24, 2.45) is 0 Å². The van der Waals surface area contributed by atoms with Crippen LogP contribution in [0.5, 0.6) is 11.5 Å². The molecule has 7 nitrogen and oxygen atoms in total. The van der Waals surface area contributed by atoms with Crippen LogP contribution in [0.2, 0.25) is 0 Å². The highest BCUT2D eigenvalue weighted by Gasteiger charge is 2.11. The van der Waals surface area contributed by atoms with Crippen molar-refractivity contribution >= 4 is 17.5 Å². The average molecular weight is 469 g/mol.